The molecule has 2 aromatic rings. The summed E-state index contributed by atoms with van der Waals surface area (Å²) < 4.78 is 16.4. The van der Waals surface area contributed by atoms with Crippen LogP contribution < -0.4 is 14.8 Å². The molecular formula is C22H27ClN2O4. The third-order valence-electron chi connectivity index (χ3n) is 4.92. The minimum Gasteiger partial charge on any atom is -0.493 e. The normalized spacial score (nSPS) is 15.6. The molecule has 0 spiro atoms. The van der Waals surface area contributed by atoms with Gasteiger partial charge in [0.2, 0.25) is 0 Å². The predicted octanol–water partition coefficient (Wildman–Crippen LogP) is 3.55. The van der Waals surface area contributed by atoms with E-state index in [0.717, 1.165) is 18.7 Å². The molecule has 1 heterocycles. The fourth-order valence-electron chi connectivity index (χ4n) is 3.41. The minimum absolute atomic E-state index is 0.0460. The third kappa shape index (κ3) is 5.63. The fourth-order valence-corrected chi connectivity index (χ4v) is 3.54. The molecule has 156 valence electrons. The van der Waals surface area contributed by atoms with Crippen LogP contribution in [0.3, 0.4) is 0 Å². The SMILES string of the molecule is CCOc1cc(C(=O)NCC(c2ccc(Cl)cc2)N2CCOCC2)ccc1OC. The second-order valence-corrected chi connectivity index (χ2v) is 7.16. The van der Waals surface area contributed by atoms with Crippen LogP contribution in [0.25, 0.3) is 0 Å². The van der Waals surface area contributed by atoms with Gasteiger partial charge >= 0.3 is 0 Å². The van der Waals surface area contributed by atoms with Gasteiger partial charge in [-0.2, -0.15) is 0 Å². The summed E-state index contributed by atoms with van der Waals surface area (Å²) >= 11 is 6.05. The van der Waals surface area contributed by atoms with Gasteiger partial charge in [0.05, 0.1) is 33.0 Å². The number of hydrogen-bond donors (Lipinski definition) is 1. The highest BCUT2D eigenvalue weighted by atomic mass is 35.5. The molecule has 1 atom stereocenters. The maximum atomic E-state index is 12.8. The molecule has 7 heteroatoms. The van der Waals surface area contributed by atoms with E-state index in [1.807, 2.05) is 31.2 Å². The second kappa shape index (κ2) is 10.5. The van der Waals surface area contributed by atoms with Crippen molar-refractivity contribution in [2.75, 3.05) is 46.6 Å². The highest BCUT2D eigenvalue weighted by Crippen LogP contribution is 2.28. The Morgan fingerprint density at radius 1 is 1.17 bits per heavy atom. The monoisotopic (exact) mass is 418 g/mol. The van der Waals surface area contributed by atoms with Gasteiger partial charge in [-0.3, -0.25) is 9.69 Å². The number of carbonyl (C=O) groups excluding carboxylic acids is 1. The molecule has 1 N–H and O–H groups in total. The summed E-state index contributed by atoms with van der Waals surface area (Å²) in [4.78, 5) is 15.1. The first-order valence-corrected chi connectivity index (χ1v) is 10.2. The number of nitrogens with one attached hydrogen (secondary N) is 1. The van der Waals surface area contributed by atoms with Crippen molar-refractivity contribution >= 4 is 17.5 Å². The molecule has 6 nitrogen and oxygen atoms in total. The van der Waals surface area contributed by atoms with Crippen molar-refractivity contribution in [1.29, 1.82) is 0 Å². The number of morpholine rings is 1. The molecule has 0 aromatic heterocycles. The molecule has 0 aliphatic carbocycles. The number of ether oxygens (including phenoxy) is 3. The molecule has 0 radical (unpaired) electrons. The third-order valence-corrected chi connectivity index (χ3v) is 5.17. The Labute approximate surface area is 176 Å². The van der Waals surface area contributed by atoms with Crippen molar-refractivity contribution in [2.45, 2.75) is 13.0 Å². The first kappa shape index (κ1) is 21.4. The summed E-state index contributed by atoms with van der Waals surface area (Å²) in [6.07, 6.45) is 0. The Morgan fingerprint density at radius 2 is 1.90 bits per heavy atom. The number of hydrogen-bond acceptors (Lipinski definition) is 5. The van der Waals surface area contributed by atoms with Gasteiger partial charge in [-0.15, -0.1) is 0 Å². The van der Waals surface area contributed by atoms with Gasteiger partial charge < -0.3 is 19.5 Å². The topological polar surface area (TPSA) is 60.0 Å². The van der Waals surface area contributed by atoms with Crippen LogP contribution in [0.2, 0.25) is 5.02 Å². The second-order valence-electron chi connectivity index (χ2n) is 6.72. The lowest BCUT2D eigenvalue weighted by Gasteiger charge is -2.35. The first-order chi connectivity index (χ1) is 14.1. The highest BCUT2D eigenvalue weighted by Gasteiger charge is 2.23. The van der Waals surface area contributed by atoms with E-state index in [1.165, 1.54) is 0 Å². The molecule has 1 fully saturated rings. The number of carbonyl (C=O) groups is 1. The van der Waals surface area contributed by atoms with Gasteiger partial charge in [-0.25, -0.2) is 0 Å². The summed E-state index contributed by atoms with van der Waals surface area (Å²) in [5.74, 6) is 1.02. The highest BCUT2D eigenvalue weighted by molar-refractivity contribution is 6.30. The van der Waals surface area contributed by atoms with E-state index >= 15 is 0 Å². The zero-order valence-corrected chi connectivity index (χ0v) is 17.6. The maximum absolute atomic E-state index is 12.8. The van der Waals surface area contributed by atoms with Crippen LogP contribution >= 0.6 is 11.6 Å². The number of rotatable bonds is 8. The Balaban J connectivity index is 1.73. The van der Waals surface area contributed by atoms with Gasteiger partial charge in [0.25, 0.3) is 5.91 Å². The quantitative estimate of drug-likeness (QED) is 0.710. The molecule has 3 rings (SSSR count). The first-order valence-electron chi connectivity index (χ1n) is 9.78. The molecule has 2 aromatic carbocycles. The van der Waals surface area contributed by atoms with E-state index in [-0.39, 0.29) is 11.9 Å². The molecule has 1 unspecified atom stereocenters. The van der Waals surface area contributed by atoms with E-state index in [0.29, 0.717) is 48.5 Å². The lowest BCUT2D eigenvalue weighted by Crippen LogP contribution is -2.43. The smallest absolute Gasteiger partial charge is 0.251 e. The van der Waals surface area contributed by atoms with Gasteiger partial charge in [0.1, 0.15) is 0 Å². The fraction of sp³-hybridized carbons (Fsp3) is 0.409. The number of benzene rings is 2. The summed E-state index contributed by atoms with van der Waals surface area (Å²) in [6, 6.07) is 13.0. The average Bonchev–Trinajstić information content (AvgIpc) is 2.76. The zero-order valence-electron chi connectivity index (χ0n) is 16.8. The number of amides is 1. The summed E-state index contributed by atoms with van der Waals surface area (Å²) in [5.41, 5.74) is 1.65. The Bertz CT molecular complexity index is 807. The number of halogens is 1. The minimum atomic E-state index is -0.152. The summed E-state index contributed by atoms with van der Waals surface area (Å²) in [6.45, 7) is 5.89. The van der Waals surface area contributed by atoms with Crippen molar-refractivity contribution in [3.63, 3.8) is 0 Å². The van der Waals surface area contributed by atoms with Crippen molar-refractivity contribution in [2.24, 2.45) is 0 Å². The molecule has 1 aliphatic rings. The van der Waals surface area contributed by atoms with E-state index in [2.05, 4.69) is 10.2 Å². The van der Waals surface area contributed by atoms with E-state index < -0.39 is 0 Å². The number of methoxy groups -OCH3 is 1. The van der Waals surface area contributed by atoms with Crippen molar-refractivity contribution in [3.05, 3.63) is 58.6 Å². The number of nitrogens with zero attached hydrogens (tertiary/aromatic N) is 1. The van der Waals surface area contributed by atoms with Crippen LogP contribution in [0.4, 0.5) is 0 Å². The zero-order chi connectivity index (χ0) is 20.6. The maximum Gasteiger partial charge on any atom is 0.251 e. The average molecular weight is 419 g/mol. The van der Waals surface area contributed by atoms with Crippen molar-refractivity contribution in [3.8, 4) is 11.5 Å². The van der Waals surface area contributed by atoms with Crippen LogP contribution in [0, 0.1) is 0 Å². The van der Waals surface area contributed by atoms with Gasteiger partial charge in [0.15, 0.2) is 11.5 Å². The molecule has 0 saturated carbocycles. The molecule has 1 amide bonds. The summed E-state index contributed by atoms with van der Waals surface area (Å²) in [5, 5.41) is 3.76. The van der Waals surface area contributed by atoms with Gasteiger partial charge in [-0.1, -0.05) is 23.7 Å². The Morgan fingerprint density at radius 3 is 2.55 bits per heavy atom. The Kier molecular flexibility index (Phi) is 7.75. The van der Waals surface area contributed by atoms with Crippen LogP contribution in [-0.2, 0) is 4.74 Å². The predicted molar refractivity (Wildman–Crippen MR) is 113 cm³/mol. The Hall–Kier alpha value is -2.28. The molecule has 1 saturated heterocycles. The van der Waals surface area contributed by atoms with Crippen molar-refractivity contribution in [1.82, 2.24) is 10.2 Å². The molecule has 29 heavy (non-hydrogen) atoms. The van der Waals surface area contributed by atoms with E-state index in [1.54, 1.807) is 25.3 Å². The molecule has 1 aliphatic heterocycles. The van der Waals surface area contributed by atoms with E-state index in [4.69, 9.17) is 25.8 Å². The molecule has 0 bridgehead atoms. The van der Waals surface area contributed by atoms with Crippen molar-refractivity contribution < 1.29 is 19.0 Å². The lowest BCUT2D eigenvalue weighted by molar-refractivity contribution is 0.0162. The van der Waals surface area contributed by atoms with Crippen LogP contribution in [-0.4, -0.2) is 57.4 Å². The van der Waals surface area contributed by atoms with Gasteiger partial charge in [-0.05, 0) is 42.8 Å². The van der Waals surface area contributed by atoms with Crippen LogP contribution in [0.5, 0.6) is 11.5 Å². The summed E-state index contributed by atoms with van der Waals surface area (Å²) in [7, 11) is 1.58. The largest absolute Gasteiger partial charge is 0.493 e. The molecular weight excluding hydrogens is 392 g/mol. The standard InChI is InChI=1S/C22H27ClN2O4/c1-3-29-21-14-17(6-9-20(21)27-2)22(26)24-15-19(25-10-12-28-13-11-25)16-4-7-18(23)8-5-16/h4-9,14,19H,3,10-13,15H2,1-2H3,(H,24,26). The lowest BCUT2D eigenvalue weighted by atomic mass is 10.0. The van der Waals surface area contributed by atoms with Crippen LogP contribution in [0.1, 0.15) is 28.9 Å². The van der Waals surface area contributed by atoms with E-state index in [9.17, 15) is 4.79 Å². The van der Waals surface area contributed by atoms with Gasteiger partial charge in [0, 0.05) is 30.2 Å². The van der Waals surface area contributed by atoms with Crippen LogP contribution in [0.15, 0.2) is 42.5 Å².